The zero-order valence-corrected chi connectivity index (χ0v) is 6.38. The molecule has 0 spiro atoms. The van der Waals surface area contributed by atoms with Crippen molar-refractivity contribution in [3.8, 4) is 0 Å². The largest absolute Gasteiger partial charge is 0.468 e. The Balaban J connectivity index is 3.15. The summed E-state index contributed by atoms with van der Waals surface area (Å²) in [4.78, 5) is 9.74. The molecule has 0 heterocycles. The lowest BCUT2D eigenvalue weighted by Gasteiger charge is -2.06. The van der Waals surface area contributed by atoms with Crippen molar-refractivity contribution in [1.29, 1.82) is 0 Å². The van der Waals surface area contributed by atoms with Crippen molar-refractivity contribution in [1.82, 2.24) is 0 Å². The summed E-state index contributed by atoms with van der Waals surface area (Å²) in [5.74, 6) is 0.447. The van der Waals surface area contributed by atoms with E-state index in [-0.39, 0.29) is 0 Å². The lowest BCUT2D eigenvalue weighted by atomic mass is 10.1. The van der Waals surface area contributed by atoms with Gasteiger partial charge in [0.2, 0.25) is 0 Å². The van der Waals surface area contributed by atoms with E-state index in [0.717, 1.165) is 12.8 Å². The smallest absolute Gasteiger partial charge is 0.293 e. The summed E-state index contributed by atoms with van der Waals surface area (Å²) in [6, 6.07) is 0. The second-order valence-corrected chi connectivity index (χ2v) is 2.40. The third-order valence-electron chi connectivity index (χ3n) is 1.31. The molecule has 2 nitrogen and oxygen atoms in total. The predicted octanol–water partition coefficient (Wildman–Crippen LogP) is 1.76. The maximum absolute atomic E-state index is 9.74. The van der Waals surface area contributed by atoms with Gasteiger partial charge in [-0.1, -0.05) is 13.0 Å². The quantitative estimate of drug-likeness (QED) is 0.417. The molecule has 0 aliphatic heterocycles. The topological polar surface area (TPSA) is 26.3 Å². The lowest BCUT2D eigenvalue weighted by molar-refractivity contribution is -0.129. The number of carbonyl (C=O) groups is 1. The number of allylic oxidation sites excluding steroid dienone is 1. The summed E-state index contributed by atoms with van der Waals surface area (Å²) in [5, 5.41) is 0. The van der Waals surface area contributed by atoms with Crippen LogP contribution in [0.2, 0.25) is 0 Å². The van der Waals surface area contributed by atoms with Crippen molar-refractivity contribution >= 4 is 6.47 Å². The molecule has 0 bridgehead atoms. The highest BCUT2D eigenvalue weighted by molar-refractivity contribution is 5.36. The lowest BCUT2D eigenvalue weighted by Crippen LogP contribution is -2.03. The standard InChI is InChI=1S/C8H14O2/c1-3-4-5-8(2)6-10-7-9/h3,7-8H,1,4-6H2,2H3. The van der Waals surface area contributed by atoms with Crippen LogP contribution < -0.4 is 0 Å². The molecule has 0 aliphatic rings. The van der Waals surface area contributed by atoms with E-state index in [0.29, 0.717) is 19.0 Å². The number of hydrogen-bond acceptors (Lipinski definition) is 2. The molecule has 0 aromatic rings. The molecule has 0 N–H and O–H groups in total. The Morgan fingerprint density at radius 1 is 1.70 bits per heavy atom. The van der Waals surface area contributed by atoms with Gasteiger partial charge in [0, 0.05) is 0 Å². The van der Waals surface area contributed by atoms with Crippen LogP contribution in [0.25, 0.3) is 0 Å². The molecule has 0 amide bonds. The van der Waals surface area contributed by atoms with Crippen molar-refractivity contribution in [2.24, 2.45) is 5.92 Å². The number of hydrogen-bond donors (Lipinski definition) is 0. The number of rotatable bonds is 6. The fourth-order valence-electron chi connectivity index (χ4n) is 0.689. The molecule has 0 rings (SSSR count). The Hall–Kier alpha value is -0.790. The van der Waals surface area contributed by atoms with E-state index < -0.39 is 0 Å². The normalized spacial score (nSPS) is 12.1. The molecule has 1 atom stereocenters. The molecule has 1 unspecified atom stereocenters. The highest BCUT2D eigenvalue weighted by Crippen LogP contribution is 2.04. The average molecular weight is 142 g/mol. The average Bonchev–Trinajstić information content (AvgIpc) is 1.97. The molecule has 0 saturated carbocycles. The van der Waals surface area contributed by atoms with Crippen LogP contribution in [0.5, 0.6) is 0 Å². The van der Waals surface area contributed by atoms with Crippen LogP contribution in [0.15, 0.2) is 12.7 Å². The molecule has 0 radical (unpaired) electrons. The summed E-state index contributed by atoms with van der Waals surface area (Å²) in [6.07, 6.45) is 3.90. The van der Waals surface area contributed by atoms with E-state index in [1.165, 1.54) is 0 Å². The molecule has 2 heteroatoms. The zero-order valence-electron chi connectivity index (χ0n) is 6.38. The number of carbonyl (C=O) groups excluding carboxylic acids is 1. The molecular formula is C8H14O2. The summed E-state index contributed by atoms with van der Waals surface area (Å²) in [5.41, 5.74) is 0. The van der Waals surface area contributed by atoms with Crippen molar-refractivity contribution in [2.45, 2.75) is 19.8 Å². The van der Waals surface area contributed by atoms with Crippen molar-refractivity contribution in [3.05, 3.63) is 12.7 Å². The first-order chi connectivity index (χ1) is 4.81. The van der Waals surface area contributed by atoms with Gasteiger partial charge < -0.3 is 4.74 Å². The Morgan fingerprint density at radius 3 is 2.90 bits per heavy atom. The van der Waals surface area contributed by atoms with Crippen molar-refractivity contribution in [2.75, 3.05) is 6.61 Å². The fraction of sp³-hybridized carbons (Fsp3) is 0.625. The SMILES string of the molecule is C=CCCC(C)COC=O. The van der Waals surface area contributed by atoms with Gasteiger partial charge in [-0.05, 0) is 18.8 Å². The maximum Gasteiger partial charge on any atom is 0.293 e. The summed E-state index contributed by atoms with van der Waals surface area (Å²) in [6.45, 7) is 6.67. The third-order valence-corrected chi connectivity index (χ3v) is 1.31. The minimum Gasteiger partial charge on any atom is -0.468 e. The van der Waals surface area contributed by atoms with Crippen LogP contribution >= 0.6 is 0 Å². The van der Waals surface area contributed by atoms with Crippen LogP contribution in [0.4, 0.5) is 0 Å². The summed E-state index contributed by atoms with van der Waals surface area (Å²) < 4.78 is 4.58. The number of ether oxygens (including phenoxy) is 1. The van der Waals surface area contributed by atoms with E-state index in [9.17, 15) is 4.79 Å². The van der Waals surface area contributed by atoms with Crippen LogP contribution in [-0.2, 0) is 9.53 Å². The molecular weight excluding hydrogens is 128 g/mol. The minimum atomic E-state index is 0.447. The third kappa shape index (κ3) is 5.35. The highest BCUT2D eigenvalue weighted by atomic mass is 16.5. The van der Waals surface area contributed by atoms with Gasteiger partial charge in [0.1, 0.15) is 0 Å². The summed E-state index contributed by atoms with van der Waals surface area (Å²) >= 11 is 0. The molecule has 0 fully saturated rings. The van der Waals surface area contributed by atoms with Gasteiger partial charge >= 0.3 is 0 Å². The van der Waals surface area contributed by atoms with Crippen molar-refractivity contribution < 1.29 is 9.53 Å². The molecule has 0 saturated heterocycles. The van der Waals surface area contributed by atoms with Crippen LogP contribution in [0.3, 0.4) is 0 Å². The monoisotopic (exact) mass is 142 g/mol. The maximum atomic E-state index is 9.74. The minimum absolute atomic E-state index is 0.447. The van der Waals surface area contributed by atoms with Gasteiger partial charge in [-0.15, -0.1) is 6.58 Å². The van der Waals surface area contributed by atoms with E-state index in [2.05, 4.69) is 11.3 Å². The Kier molecular flexibility index (Phi) is 5.83. The van der Waals surface area contributed by atoms with Gasteiger partial charge in [-0.25, -0.2) is 0 Å². The van der Waals surface area contributed by atoms with Gasteiger partial charge in [-0.3, -0.25) is 4.79 Å². The first kappa shape index (κ1) is 9.21. The van der Waals surface area contributed by atoms with E-state index in [4.69, 9.17) is 0 Å². The van der Waals surface area contributed by atoms with E-state index in [1.54, 1.807) is 0 Å². The second-order valence-electron chi connectivity index (χ2n) is 2.40. The molecule has 0 aromatic carbocycles. The van der Waals surface area contributed by atoms with E-state index >= 15 is 0 Å². The van der Waals surface area contributed by atoms with Crippen LogP contribution in [-0.4, -0.2) is 13.1 Å². The molecule has 0 aromatic heterocycles. The molecule has 58 valence electrons. The zero-order chi connectivity index (χ0) is 7.82. The predicted molar refractivity (Wildman–Crippen MR) is 40.6 cm³/mol. The highest BCUT2D eigenvalue weighted by Gasteiger charge is 1.99. The summed E-state index contributed by atoms with van der Waals surface area (Å²) in [7, 11) is 0. The van der Waals surface area contributed by atoms with Crippen LogP contribution in [0, 0.1) is 5.92 Å². The van der Waals surface area contributed by atoms with E-state index in [1.807, 2.05) is 13.0 Å². The van der Waals surface area contributed by atoms with Crippen LogP contribution in [0.1, 0.15) is 19.8 Å². The fourth-order valence-corrected chi connectivity index (χ4v) is 0.689. The Labute approximate surface area is 61.9 Å². The molecule has 10 heavy (non-hydrogen) atoms. The Bertz CT molecular complexity index is 87.4. The van der Waals surface area contributed by atoms with Gasteiger partial charge in [0.15, 0.2) is 0 Å². The van der Waals surface area contributed by atoms with Gasteiger partial charge in [-0.2, -0.15) is 0 Å². The first-order valence-corrected chi connectivity index (χ1v) is 3.47. The van der Waals surface area contributed by atoms with Gasteiger partial charge in [0.25, 0.3) is 6.47 Å². The molecule has 0 aliphatic carbocycles. The second kappa shape index (κ2) is 6.33. The van der Waals surface area contributed by atoms with Gasteiger partial charge in [0.05, 0.1) is 6.61 Å². The van der Waals surface area contributed by atoms with Crippen molar-refractivity contribution in [3.63, 3.8) is 0 Å². The Morgan fingerprint density at radius 2 is 2.40 bits per heavy atom. The first-order valence-electron chi connectivity index (χ1n) is 3.47.